The largest absolute Gasteiger partial charge is 0.374 e. The molecule has 2 atom stereocenters. The average molecular weight is 470 g/mol. The van der Waals surface area contributed by atoms with Crippen LogP contribution in [0.15, 0.2) is 35.1 Å². The molecule has 172 valence electrons. The summed E-state index contributed by atoms with van der Waals surface area (Å²) in [5.41, 5.74) is 8.44. The lowest BCUT2D eigenvalue weighted by atomic mass is 9.93. The third-order valence-electron chi connectivity index (χ3n) is 6.65. The number of aromatic nitrogens is 2. The van der Waals surface area contributed by atoms with Crippen molar-refractivity contribution < 1.29 is 9.18 Å². The van der Waals surface area contributed by atoms with Crippen LogP contribution >= 0.6 is 11.6 Å². The Kier molecular flexibility index (Phi) is 5.58. The number of benzene rings is 2. The van der Waals surface area contributed by atoms with Gasteiger partial charge in [-0.1, -0.05) is 17.7 Å². The highest BCUT2D eigenvalue weighted by Gasteiger charge is 2.31. The van der Waals surface area contributed by atoms with E-state index in [2.05, 4.69) is 15.3 Å². The molecule has 0 bridgehead atoms. The van der Waals surface area contributed by atoms with Crippen LogP contribution < -0.4 is 16.6 Å². The van der Waals surface area contributed by atoms with E-state index in [1.807, 2.05) is 25.1 Å². The van der Waals surface area contributed by atoms with Crippen molar-refractivity contribution in [3.05, 3.63) is 68.5 Å². The van der Waals surface area contributed by atoms with E-state index in [1.54, 1.807) is 4.90 Å². The zero-order valence-electron chi connectivity index (χ0n) is 18.2. The number of hydrogen-bond donors (Lipinski definition) is 3. The number of rotatable bonds is 5. The molecule has 7 nitrogen and oxygen atoms in total. The number of hydrogen-bond acceptors (Lipinski definition) is 5. The van der Waals surface area contributed by atoms with Crippen LogP contribution in [-0.2, 0) is 11.2 Å². The topological polar surface area (TPSA) is 104 Å². The van der Waals surface area contributed by atoms with E-state index in [0.29, 0.717) is 35.2 Å². The smallest absolute Gasteiger partial charge is 0.258 e. The Hall–Kier alpha value is -2.97. The fourth-order valence-corrected chi connectivity index (χ4v) is 4.76. The third-order valence-corrected chi connectivity index (χ3v) is 6.89. The van der Waals surface area contributed by atoms with Crippen LogP contribution in [0.4, 0.5) is 10.1 Å². The normalized spacial score (nSPS) is 18.8. The third kappa shape index (κ3) is 4.20. The van der Waals surface area contributed by atoms with Gasteiger partial charge in [0.25, 0.3) is 5.56 Å². The Morgan fingerprint density at radius 3 is 2.91 bits per heavy atom. The maximum Gasteiger partial charge on any atom is 0.258 e. The van der Waals surface area contributed by atoms with Gasteiger partial charge in [0.15, 0.2) is 0 Å². The standard InChI is InChI=1S/C24H25ClFN5O2/c1-12-16-5-4-15(25)8-14(16)6-7-31(12)21(32)11-28-20-10-19-17(9-18(20)26)24(33)30-23(29-19)22(27)13-2-3-13/h4-5,8-10,12-13,22,28H,2-3,6-7,11,27H2,1H3,(H,29,30,33)/t12-,22+/m0/s1. The van der Waals surface area contributed by atoms with Crippen molar-refractivity contribution in [2.75, 3.05) is 18.4 Å². The molecular weight excluding hydrogens is 445 g/mol. The number of aromatic amines is 1. The van der Waals surface area contributed by atoms with E-state index in [1.165, 1.54) is 6.07 Å². The Morgan fingerprint density at radius 2 is 2.15 bits per heavy atom. The number of carbonyl (C=O) groups is 1. The second kappa shape index (κ2) is 8.43. The van der Waals surface area contributed by atoms with Crippen molar-refractivity contribution in [3.8, 4) is 0 Å². The number of carbonyl (C=O) groups excluding carboxylic acids is 1. The van der Waals surface area contributed by atoms with Gasteiger partial charge in [-0.25, -0.2) is 9.37 Å². The molecule has 9 heteroatoms. The first kappa shape index (κ1) is 21.9. The van der Waals surface area contributed by atoms with E-state index >= 15 is 0 Å². The number of anilines is 1. The zero-order valence-corrected chi connectivity index (χ0v) is 19.0. The molecule has 1 aliphatic carbocycles. The minimum absolute atomic E-state index is 0.0761. The molecule has 0 unspecified atom stereocenters. The molecule has 33 heavy (non-hydrogen) atoms. The van der Waals surface area contributed by atoms with E-state index < -0.39 is 11.4 Å². The van der Waals surface area contributed by atoms with Gasteiger partial charge in [-0.15, -0.1) is 0 Å². The maximum atomic E-state index is 14.7. The molecule has 5 rings (SSSR count). The first-order valence-corrected chi connectivity index (χ1v) is 11.5. The molecule has 2 aliphatic rings. The van der Waals surface area contributed by atoms with Crippen molar-refractivity contribution in [1.29, 1.82) is 0 Å². The molecule has 1 aromatic heterocycles. The molecule has 0 saturated heterocycles. The van der Waals surface area contributed by atoms with E-state index in [-0.39, 0.29) is 35.6 Å². The summed E-state index contributed by atoms with van der Waals surface area (Å²) in [6, 6.07) is 7.88. The highest BCUT2D eigenvalue weighted by atomic mass is 35.5. The number of nitrogens with zero attached hydrogens (tertiary/aromatic N) is 2. The van der Waals surface area contributed by atoms with Crippen molar-refractivity contribution in [2.45, 2.75) is 38.3 Å². The van der Waals surface area contributed by atoms with Crippen molar-refractivity contribution in [1.82, 2.24) is 14.9 Å². The molecule has 1 fully saturated rings. The Bertz CT molecular complexity index is 1310. The molecule has 2 aromatic carbocycles. The van der Waals surface area contributed by atoms with Gasteiger partial charge in [0.1, 0.15) is 11.6 Å². The number of nitrogens with two attached hydrogens (primary N) is 1. The number of amides is 1. The van der Waals surface area contributed by atoms with Gasteiger partial charge >= 0.3 is 0 Å². The number of halogens is 2. The number of fused-ring (bicyclic) bond motifs is 2. The van der Waals surface area contributed by atoms with E-state index in [4.69, 9.17) is 17.3 Å². The SMILES string of the molecule is C[C@H]1c2ccc(Cl)cc2CCN1C(=O)CNc1cc2nc([C@H](N)C3CC3)[nH]c(=O)c2cc1F. The second-order valence-electron chi connectivity index (χ2n) is 8.87. The quantitative estimate of drug-likeness (QED) is 0.528. The van der Waals surface area contributed by atoms with Crippen molar-refractivity contribution >= 4 is 34.1 Å². The number of nitrogens with one attached hydrogen (secondary N) is 2. The first-order valence-electron chi connectivity index (χ1n) is 11.1. The Balaban J connectivity index is 1.34. The van der Waals surface area contributed by atoms with E-state index in [9.17, 15) is 14.0 Å². The summed E-state index contributed by atoms with van der Waals surface area (Å²) in [5, 5.41) is 3.72. The van der Waals surface area contributed by atoms with Gasteiger partial charge in [-0.05, 0) is 67.5 Å². The molecule has 0 radical (unpaired) electrons. The van der Waals surface area contributed by atoms with Gasteiger partial charge in [-0.2, -0.15) is 0 Å². The summed E-state index contributed by atoms with van der Waals surface area (Å²) in [6.07, 6.45) is 2.73. The zero-order chi connectivity index (χ0) is 23.3. The second-order valence-corrected chi connectivity index (χ2v) is 9.31. The Labute approximate surface area is 195 Å². The van der Waals surface area contributed by atoms with Gasteiger partial charge in [0, 0.05) is 11.6 Å². The molecule has 1 saturated carbocycles. The molecule has 1 amide bonds. The first-order chi connectivity index (χ1) is 15.8. The average Bonchev–Trinajstić information content (AvgIpc) is 3.63. The van der Waals surface area contributed by atoms with Crippen LogP contribution in [0.2, 0.25) is 5.02 Å². The summed E-state index contributed by atoms with van der Waals surface area (Å²) >= 11 is 6.09. The molecule has 2 heterocycles. The summed E-state index contributed by atoms with van der Waals surface area (Å²) in [5.74, 6) is -0.0371. The fraction of sp³-hybridized carbons (Fsp3) is 0.375. The lowest BCUT2D eigenvalue weighted by molar-refractivity contribution is -0.131. The summed E-state index contributed by atoms with van der Waals surface area (Å²) in [6.45, 7) is 2.46. The summed E-state index contributed by atoms with van der Waals surface area (Å²) in [4.78, 5) is 34.3. The van der Waals surface area contributed by atoms with Crippen LogP contribution in [0.5, 0.6) is 0 Å². The predicted octanol–water partition coefficient (Wildman–Crippen LogP) is 3.68. The maximum absolute atomic E-state index is 14.7. The van der Waals surface area contributed by atoms with Crippen LogP contribution in [0.3, 0.4) is 0 Å². The lowest BCUT2D eigenvalue weighted by Gasteiger charge is -2.35. The summed E-state index contributed by atoms with van der Waals surface area (Å²) < 4.78 is 14.7. The Morgan fingerprint density at radius 1 is 1.36 bits per heavy atom. The monoisotopic (exact) mass is 469 g/mol. The molecule has 1 aliphatic heterocycles. The molecule has 3 aromatic rings. The van der Waals surface area contributed by atoms with Crippen LogP contribution in [0.25, 0.3) is 10.9 Å². The summed E-state index contributed by atoms with van der Waals surface area (Å²) in [7, 11) is 0. The van der Waals surface area contributed by atoms with Crippen molar-refractivity contribution in [2.24, 2.45) is 11.7 Å². The molecule has 0 spiro atoms. The van der Waals surface area contributed by atoms with E-state index in [0.717, 1.165) is 30.0 Å². The van der Waals surface area contributed by atoms with Crippen LogP contribution in [-0.4, -0.2) is 33.9 Å². The highest BCUT2D eigenvalue weighted by Crippen LogP contribution is 2.38. The van der Waals surface area contributed by atoms with Gasteiger partial charge in [-0.3, -0.25) is 9.59 Å². The van der Waals surface area contributed by atoms with Crippen LogP contribution in [0, 0.1) is 11.7 Å². The van der Waals surface area contributed by atoms with Gasteiger partial charge in [0.2, 0.25) is 5.91 Å². The molecular formula is C24H25ClFN5O2. The lowest BCUT2D eigenvalue weighted by Crippen LogP contribution is -2.41. The minimum atomic E-state index is -0.617. The highest BCUT2D eigenvalue weighted by molar-refractivity contribution is 6.30. The number of H-pyrrole nitrogens is 1. The van der Waals surface area contributed by atoms with Crippen molar-refractivity contribution in [3.63, 3.8) is 0 Å². The van der Waals surface area contributed by atoms with Crippen LogP contribution in [0.1, 0.15) is 48.8 Å². The van der Waals surface area contributed by atoms with Gasteiger partial charge in [0.05, 0.1) is 35.2 Å². The fourth-order valence-electron chi connectivity index (χ4n) is 4.56. The predicted molar refractivity (Wildman–Crippen MR) is 126 cm³/mol. The van der Waals surface area contributed by atoms with Gasteiger partial charge < -0.3 is 20.9 Å². The minimum Gasteiger partial charge on any atom is -0.374 e. The molecule has 4 N–H and O–H groups in total.